The van der Waals surface area contributed by atoms with Crippen LogP contribution >= 0.6 is 12.4 Å². The van der Waals surface area contributed by atoms with Crippen LogP contribution in [0.4, 0.5) is 0 Å². The van der Waals surface area contributed by atoms with Crippen molar-refractivity contribution in [3.63, 3.8) is 0 Å². The second kappa shape index (κ2) is 7.62. The number of hydrogen-bond acceptors (Lipinski definition) is 3. The Morgan fingerprint density at radius 1 is 1.33 bits per heavy atom. The summed E-state index contributed by atoms with van der Waals surface area (Å²) in [5.74, 6) is 0.963. The van der Waals surface area contributed by atoms with E-state index in [1.807, 2.05) is 6.92 Å². The van der Waals surface area contributed by atoms with Crippen LogP contribution in [0.3, 0.4) is 0 Å². The van der Waals surface area contributed by atoms with Gasteiger partial charge in [0.2, 0.25) is 0 Å². The van der Waals surface area contributed by atoms with Crippen molar-refractivity contribution in [3.05, 3.63) is 29.8 Å². The van der Waals surface area contributed by atoms with Crippen molar-refractivity contribution in [3.8, 4) is 5.75 Å². The van der Waals surface area contributed by atoms with Crippen LogP contribution in [0.5, 0.6) is 5.75 Å². The van der Waals surface area contributed by atoms with Gasteiger partial charge < -0.3 is 10.1 Å². The standard InChI is InChI=1S/C14H22N2O.ClH/c1-3-17-14-6-4-13(5-7-14)11-16-9-8-15-10-12(16)2;/h4-7,12,15H,3,8-11H2,1-2H3;1H. The zero-order valence-corrected chi connectivity index (χ0v) is 12.0. The van der Waals surface area contributed by atoms with E-state index in [1.54, 1.807) is 0 Å². The first-order valence-corrected chi connectivity index (χ1v) is 6.46. The number of halogens is 1. The molecule has 0 aliphatic carbocycles. The van der Waals surface area contributed by atoms with Gasteiger partial charge in [-0.15, -0.1) is 12.4 Å². The number of piperazine rings is 1. The highest BCUT2D eigenvalue weighted by molar-refractivity contribution is 5.85. The second-order valence-corrected chi connectivity index (χ2v) is 4.60. The Balaban J connectivity index is 0.00000162. The molecule has 1 N–H and O–H groups in total. The molecule has 0 amide bonds. The van der Waals surface area contributed by atoms with Crippen LogP contribution in [-0.2, 0) is 6.54 Å². The Morgan fingerprint density at radius 3 is 2.67 bits per heavy atom. The van der Waals surface area contributed by atoms with Gasteiger partial charge in [0.05, 0.1) is 6.61 Å². The molecule has 1 aromatic rings. The molecule has 1 aliphatic heterocycles. The van der Waals surface area contributed by atoms with Crippen LogP contribution in [0.2, 0.25) is 0 Å². The lowest BCUT2D eigenvalue weighted by Gasteiger charge is -2.33. The van der Waals surface area contributed by atoms with Gasteiger partial charge in [0.1, 0.15) is 5.75 Å². The average Bonchev–Trinajstić information content (AvgIpc) is 2.35. The molecule has 1 aromatic carbocycles. The van der Waals surface area contributed by atoms with E-state index in [-0.39, 0.29) is 12.4 Å². The van der Waals surface area contributed by atoms with Gasteiger partial charge in [0.15, 0.2) is 0 Å². The number of hydrogen-bond donors (Lipinski definition) is 1. The molecule has 1 aliphatic rings. The van der Waals surface area contributed by atoms with Gasteiger partial charge in [-0.1, -0.05) is 12.1 Å². The molecule has 3 nitrogen and oxygen atoms in total. The van der Waals surface area contributed by atoms with E-state index >= 15 is 0 Å². The first-order valence-electron chi connectivity index (χ1n) is 6.46. The molecule has 2 rings (SSSR count). The molecule has 1 fully saturated rings. The highest BCUT2D eigenvalue weighted by Crippen LogP contribution is 2.15. The molecule has 1 heterocycles. The fourth-order valence-corrected chi connectivity index (χ4v) is 2.21. The highest BCUT2D eigenvalue weighted by atomic mass is 35.5. The van der Waals surface area contributed by atoms with Gasteiger partial charge in [-0.3, -0.25) is 4.90 Å². The third kappa shape index (κ3) is 4.16. The van der Waals surface area contributed by atoms with E-state index in [1.165, 1.54) is 5.56 Å². The average molecular weight is 271 g/mol. The molecular weight excluding hydrogens is 248 g/mol. The van der Waals surface area contributed by atoms with Crippen molar-refractivity contribution < 1.29 is 4.74 Å². The van der Waals surface area contributed by atoms with Crippen LogP contribution in [0.25, 0.3) is 0 Å². The van der Waals surface area contributed by atoms with Crippen LogP contribution in [-0.4, -0.2) is 37.2 Å². The zero-order valence-electron chi connectivity index (χ0n) is 11.2. The molecule has 1 atom stereocenters. The van der Waals surface area contributed by atoms with Crippen molar-refractivity contribution in [2.45, 2.75) is 26.4 Å². The van der Waals surface area contributed by atoms with Crippen LogP contribution in [0, 0.1) is 0 Å². The zero-order chi connectivity index (χ0) is 12.1. The predicted molar refractivity (Wildman–Crippen MR) is 77.6 cm³/mol. The van der Waals surface area contributed by atoms with Crippen molar-refractivity contribution in [1.82, 2.24) is 10.2 Å². The van der Waals surface area contributed by atoms with Gasteiger partial charge >= 0.3 is 0 Å². The molecule has 1 saturated heterocycles. The lowest BCUT2D eigenvalue weighted by Crippen LogP contribution is -2.49. The summed E-state index contributed by atoms with van der Waals surface area (Å²) in [6, 6.07) is 9.08. The molecule has 102 valence electrons. The minimum atomic E-state index is 0. The number of rotatable bonds is 4. The van der Waals surface area contributed by atoms with Crippen LogP contribution in [0.15, 0.2) is 24.3 Å². The van der Waals surface area contributed by atoms with E-state index in [9.17, 15) is 0 Å². The van der Waals surface area contributed by atoms with E-state index in [2.05, 4.69) is 41.4 Å². The summed E-state index contributed by atoms with van der Waals surface area (Å²) in [5, 5.41) is 3.41. The normalized spacial score (nSPS) is 20.2. The molecule has 0 spiro atoms. The predicted octanol–water partition coefficient (Wildman–Crippen LogP) is 2.30. The molecule has 0 aromatic heterocycles. The Labute approximate surface area is 116 Å². The minimum absolute atomic E-state index is 0. The number of benzene rings is 1. The largest absolute Gasteiger partial charge is 0.494 e. The monoisotopic (exact) mass is 270 g/mol. The molecule has 1 unspecified atom stereocenters. The summed E-state index contributed by atoms with van der Waals surface area (Å²) in [7, 11) is 0. The Kier molecular flexibility index (Phi) is 6.47. The third-order valence-electron chi connectivity index (χ3n) is 3.26. The minimum Gasteiger partial charge on any atom is -0.494 e. The van der Waals surface area contributed by atoms with Crippen LogP contribution in [0.1, 0.15) is 19.4 Å². The van der Waals surface area contributed by atoms with E-state index < -0.39 is 0 Å². The van der Waals surface area contributed by atoms with E-state index in [4.69, 9.17) is 4.74 Å². The van der Waals surface area contributed by atoms with Gasteiger partial charge in [0, 0.05) is 32.2 Å². The quantitative estimate of drug-likeness (QED) is 0.909. The Morgan fingerprint density at radius 2 is 2.06 bits per heavy atom. The fourth-order valence-electron chi connectivity index (χ4n) is 2.21. The number of ether oxygens (including phenoxy) is 1. The van der Waals surface area contributed by atoms with Gasteiger partial charge in [-0.25, -0.2) is 0 Å². The number of nitrogens with one attached hydrogen (secondary N) is 1. The van der Waals surface area contributed by atoms with Crippen molar-refractivity contribution in [2.24, 2.45) is 0 Å². The smallest absolute Gasteiger partial charge is 0.119 e. The molecule has 18 heavy (non-hydrogen) atoms. The lowest BCUT2D eigenvalue weighted by molar-refractivity contribution is 0.165. The third-order valence-corrected chi connectivity index (χ3v) is 3.26. The summed E-state index contributed by atoms with van der Waals surface area (Å²) in [5.41, 5.74) is 1.36. The van der Waals surface area contributed by atoms with Crippen molar-refractivity contribution in [2.75, 3.05) is 26.2 Å². The van der Waals surface area contributed by atoms with Crippen molar-refractivity contribution in [1.29, 1.82) is 0 Å². The van der Waals surface area contributed by atoms with Gasteiger partial charge in [0.25, 0.3) is 0 Å². The topological polar surface area (TPSA) is 24.5 Å². The second-order valence-electron chi connectivity index (χ2n) is 4.60. The van der Waals surface area contributed by atoms with Crippen molar-refractivity contribution >= 4 is 12.4 Å². The highest BCUT2D eigenvalue weighted by Gasteiger charge is 2.17. The van der Waals surface area contributed by atoms with Gasteiger partial charge in [-0.05, 0) is 31.5 Å². The molecule has 0 saturated carbocycles. The molecule has 0 bridgehead atoms. The summed E-state index contributed by atoms with van der Waals surface area (Å²) < 4.78 is 5.45. The lowest BCUT2D eigenvalue weighted by atomic mass is 10.1. The molecular formula is C14H23ClN2O. The maximum Gasteiger partial charge on any atom is 0.119 e. The van der Waals surface area contributed by atoms with E-state index in [0.29, 0.717) is 6.04 Å². The maximum atomic E-state index is 5.45. The van der Waals surface area contributed by atoms with E-state index in [0.717, 1.165) is 38.5 Å². The number of nitrogens with zero attached hydrogens (tertiary/aromatic N) is 1. The molecule has 0 radical (unpaired) electrons. The van der Waals surface area contributed by atoms with Gasteiger partial charge in [-0.2, -0.15) is 0 Å². The Bertz CT molecular complexity index is 342. The van der Waals surface area contributed by atoms with Crippen LogP contribution < -0.4 is 10.1 Å². The molecule has 4 heteroatoms. The SMILES string of the molecule is CCOc1ccc(CN2CCNCC2C)cc1.Cl. The fraction of sp³-hybridized carbons (Fsp3) is 0.571. The first-order chi connectivity index (χ1) is 8.29. The first kappa shape index (κ1) is 15.3. The summed E-state index contributed by atoms with van der Waals surface area (Å²) in [6.45, 7) is 9.38. The maximum absolute atomic E-state index is 5.45. The summed E-state index contributed by atoms with van der Waals surface area (Å²) in [4.78, 5) is 2.52. The summed E-state index contributed by atoms with van der Waals surface area (Å²) in [6.07, 6.45) is 0. The Hall–Kier alpha value is -0.770. The summed E-state index contributed by atoms with van der Waals surface area (Å²) >= 11 is 0.